The first kappa shape index (κ1) is 25.5. The van der Waals surface area contributed by atoms with Crippen LogP contribution in [0.1, 0.15) is 10.4 Å². The molecule has 2 aromatic rings. The highest BCUT2D eigenvalue weighted by atomic mass is 32.2. The number of benzene rings is 1. The van der Waals surface area contributed by atoms with Crippen molar-refractivity contribution in [1.82, 2.24) is 15.5 Å². The fourth-order valence-electron chi connectivity index (χ4n) is 2.89. The van der Waals surface area contributed by atoms with Crippen molar-refractivity contribution in [2.75, 3.05) is 19.6 Å². The summed E-state index contributed by atoms with van der Waals surface area (Å²) in [5, 5.41) is 14.7. The number of nitrogens with one attached hydrogen (secondary N) is 2. The molecule has 0 bridgehead atoms. The first-order valence-electron chi connectivity index (χ1n) is 9.61. The number of carboxylic acid groups (broad SMARTS) is 1. The van der Waals surface area contributed by atoms with Gasteiger partial charge in [-0.25, -0.2) is 8.78 Å². The minimum atomic E-state index is -1.22. The molecule has 1 saturated heterocycles. The van der Waals surface area contributed by atoms with Crippen LogP contribution >= 0.6 is 35.3 Å². The van der Waals surface area contributed by atoms with Crippen molar-refractivity contribution in [3.05, 3.63) is 50.6 Å². The van der Waals surface area contributed by atoms with Crippen LogP contribution in [0.15, 0.2) is 28.5 Å². The number of thiophene rings is 1. The van der Waals surface area contributed by atoms with Crippen molar-refractivity contribution in [2.45, 2.75) is 6.92 Å². The Labute approximate surface area is 206 Å². The van der Waals surface area contributed by atoms with Gasteiger partial charge in [0.1, 0.15) is 17.4 Å². The van der Waals surface area contributed by atoms with Crippen molar-refractivity contribution in [2.24, 2.45) is 0 Å². The highest BCUT2D eigenvalue weighted by Gasteiger charge is 2.33. The molecule has 1 aliphatic rings. The third-order valence-corrected chi connectivity index (χ3v) is 7.04. The predicted octanol–water partition coefficient (Wildman–Crippen LogP) is 2.52. The number of thiocarbonyl (C=S) groups is 1. The van der Waals surface area contributed by atoms with Crippen molar-refractivity contribution in [1.29, 1.82) is 0 Å². The maximum Gasteiger partial charge on any atom is 0.322 e. The number of halogens is 2. The van der Waals surface area contributed by atoms with Crippen LogP contribution in [0.25, 0.3) is 17.2 Å². The van der Waals surface area contributed by atoms with Crippen LogP contribution in [0.2, 0.25) is 0 Å². The number of aliphatic carboxylic acids is 1. The van der Waals surface area contributed by atoms with Gasteiger partial charge in [0.2, 0.25) is 11.8 Å². The number of carbonyl (C=O) groups is 4. The second kappa shape index (κ2) is 10.8. The minimum absolute atomic E-state index is 0.164. The Kier molecular flexibility index (Phi) is 8.12. The number of carboxylic acids is 1. The van der Waals surface area contributed by atoms with Gasteiger partial charge in [0.05, 0.1) is 11.4 Å². The van der Waals surface area contributed by atoms with Crippen molar-refractivity contribution in [3.8, 4) is 11.1 Å². The molecule has 34 heavy (non-hydrogen) atoms. The van der Waals surface area contributed by atoms with Crippen LogP contribution < -0.4 is 10.6 Å². The molecule has 178 valence electrons. The Balaban J connectivity index is 1.66. The molecule has 0 unspecified atom stereocenters. The van der Waals surface area contributed by atoms with E-state index >= 15 is 0 Å². The number of thioether (sulfide) groups is 1. The lowest BCUT2D eigenvalue weighted by Crippen LogP contribution is -2.44. The summed E-state index contributed by atoms with van der Waals surface area (Å²) in [7, 11) is 0. The zero-order valence-corrected chi connectivity index (χ0v) is 20.0. The van der Waals surface area contributed by atoms with E-state index in [9.17, 15) is 28.0 Å². The number of amides is 3. The smallest absolute Gasteiger partial charge is 0.322 e. The van der Waals surface area contributed by atoms with Gasteiger partial charge in [0.15, 0.2) is 11.6 Å². The summed E-state index contributed by atoms with van der Waals surface area (Å²) in [6.45, 7) is 0.367. The molecule has 0 aliphatic carbocycles. The number of nitrogens with zero attached hydrogens (tertiary/aromatic N) is 1. The SMILES string of the molecule is Cc1c(-c2ccc(F)c(F)c2)csc1C=C1SC(=S)N(CC(=O)NCC(=O)NCC(=O)O)C1=O. The lowest BCUT2D eigenvalue weighted by Gasteiger charge is -2.14. The second-order valence-electron chi connectivity index (χ2n) is 6.98. The van der Waals surface area contributed by atoms with Crippen LogP contribution in [0, 0.1) is 18.6 Å². The lowest BCUT2D eigenvalue weighted by atomic mass is 10.0. The van der Waals surface area contributed by atoms with E-state index < -0.39 is 55.0 Å². The molecule has 2 heterocycles. The summed E-state index contributed by atoms with van der Waals surface area (Å²) in [6, 6.07) is 3.62. The molecule has 8 nitrogen and oxygen atoms in total. The van der Waals surface area contributed by atoms with Crippen LogP contribution in [0.3, 0.4) is 0 Å². The van der Waals surface area contributed by atoms with E-state index in [1.807, 2.05) is 0 Å². The molecule has 13 heteroatoms. The molecule has 3 amide bonds. The zero-order valence-electron chi connectivity index (χ0n) is 17.5. The van der Waals surface area contributed by atoms with Gasteiger partial charge < -0.3 is 15.7 Å². The molecule has 1 aromatic carbocycles. The highest BCUT2D eigenvalue weighted by Crippen LogP contribution is 2.37. The average molecular weight is 526 g/mol. The molecule has 0 spiro atoms. The van der Waals surface area contributed by atoms with E-state index in [2.05, 4.69) is 10.6 Å². The Hall–Kier alpha value is -3.16. The van der Waals surface area contributed by atoms with Crippen molar-refractivity contribution in [3.63, 3.8) is 0 Å². The molecule has 1 aliphatic heterocycles. The van der Waals surface area contributed by atoms with Gasteiger partial charge in [-0.05, 0) is 47.2 Å². The number of rotatable bonds is 8. The quantitative estimate of drug-likeness (QED) is 0.358. The fraction of sp³-hybridized carbons (Fsp3) is 0.190. The first-order valence-corrected chi connectivity index (χ1v) is 11.7. The Morgan fingerprint density at radius 2 is 1.85 bits per heavy atom. The monoisotopic (exact) mass is 525 g/mol. The number of hydrogen-bond donors (Lipinski definition) is 3. The Bertz CT molecular complexity index is 1230. The minimum Gasteiger partial charge on any atom is -0.480 e. The summed E-state index contributed by atoms with van der Waals surface area (Å²) in [4.78, 5) is 48.9. The van der Waals surface area contributed by atoms with Crippen molar-refractivity contribution >= 4 is 69.4 Å². The third kappa shape index (κ3) is 6.04. The van der Waals surface area contributed by atoms with Gasteiger partial charge in [-0.3, -0.25) is 24.1 Å². The summed E-state index contributed by atoms with van der Waals surface area (Å²) >= 11 is 7.54. The van der Waals surface area contributed by atoms with Crippen molar-refractivity contribution < 1.29 is 33.1 Å². The van der Waals surface area contributed by atoms with E-state index in [0.717, 1.165) is 39.2 Å². The normalized spacial score (nSPS) is 14.6. The lowest BCUT2D eigenvalue weighted by molar-refractivity contribution is -0.138. The summed E-state index contributed by atoms with van der Waals surface area (Å²) in [5.74, 6) is -4.93. The highest BCUT2D eigenvalue weighted by molar-refractivity contribution is 8.26. The molecule has 0 atom stereocenters. The number of hydrogen-bond acceptors (Lipinski definition) is 7. The largest absolute Gasteiger partial charge is 0.480 e. The molecule has 1 aromatic heterocycles. The van der Waals surface area contributed by atoms with Crippen LogP contribution in [-0.2, 0) is 19.2 Å². The molecule has 3 N–H and O–H groups in total. The molecule has 1 fully saturated rings. The van der Waals surface area contributed by atoms with Crippen LogP contribution in [0.5, 0.6) is 0 Å². The van der Waals surface area contributed by atoms with Gasteiger partial charge >= 0.3 is 5.97 Å². The maximum absolute atomic E-state index is 13.6. The summed E-state index contributed by atoms with van der Waals surface area (Å²) in [5.41, 5.74) is 1.97. The topological polar surface area (TPSA) is 116 Å². The van der Waals surface area contributed by atoms with E-state index in [1.54, 1.807) is 18.4 Å². The van der Waals surface area contributed by atoms with E-state index in [1.165, 1.54) is 17.4 Å². The molecule has 3 rings (SSSR count). The molecular weight excluding hydrogens is 508 g/mol. The van der Waals surface area contributed by atoms with E-state index in [4.69, 9.17) is 17.3 Å². The van der Waals surface area contributed by atoms with Gasteiger partial charge in [0.25, 0.3) is 5.91 Å². The maximum atomic E-state index is 13.6. The standard InChI is InChI=1S/C21H17F2N3O5S3/c1-10-12(11-2-3-13(22)14(23)4-11)9-33-15(10)5-16-20(31)26(21(32)34-16)8-18(28)24-6-17(27)25-7-19(29)30/h2-5,9H,6-8H2,1H3,(H,24,28)(H,25,27)(H,29,30). The first-order chi connectivity index (χ1) is 16.1. The number of carbonyl (C=O) groups excluding carboxylic acids is 3. The molecule has 0 saturated carbocycles. The molecule has 0 radical (unpaired) electrons. The second-order valence-corrected chi connectivity index (χ2v) is 9.57. The zero-order chi connectivity index (χ0) is 25.0. The van der Waals surface area contributed by atoms with Gasteiger partial charge in [-0.2, -0.15) is 0 Å². The Morgan fingerprint density at radius 3 is 2.53 bits per heavy atom. The van der Waals surface area contributed by atoms with E-state index in [0.29, 0.717) is 16.0 Å². The van der Waals surface area contributed by atoms with Gasteiger partial charge in [-0.1, -0.05) is 30.0 Å². The third-order valence-electron chi connectivity index (χ3n) is 4.63. The van der Waals surface area contributed by atoms with Crippen LogP contribution in [-0.4, -0.2) is 57.7 Å². The fourth-order valence-corrected chi connectivity index (χ4v) is 5.23. The average Bonchev–Trinajstić information content (AvgIpc) is 3.27. The molecular formula is C21H17F2N3O5S3. The van der Waals surface area contributed by atoms with Gasteiger partial charge in [0, 0.05) is 4.88 Å². The summed E-state index contributed by atoms with van der Waals surface area (Å²) in [6.07, 6.45) is 1.62. The Morgan fingerprint density at radius 1 is 1.15 bits per heavy atom. The predicted molar refractivity (Wildman–Crippen MR) is 128 cm³/mol. The van der Waals surface area contributed by atoms with E-state index in [-0.39, 0.29) is 4.32 Å². The van der Waals surface area contributed by atoms with Gasteiger partial charge in [-0.15, -0.1) is 11.3 Å². The van der Waals surface area contributed by atoms with Crippen LogP contribution in [0.4, 0.5) is 8.78 Å². The summed E-state index contributed by atoms with van der Waals surface area (Å²) < 4.78 is 27.0.